The Morgan fingerprint density at radius 1 is 1.03 bits per heavy atom. The average Bonchev–Trinajstić information content (AvgIpc) is 2.76. The molecule has 3 rings (SSSR count). The third-order valence-electron chi connectivity index (χ3n) is 4.49. The normalized spacial score (nSPS) is 10.5. The molecular formula is C23H21BrClNO5. The second-order valence-corrected chi connectivity index (χ2v) is 7.89. The first-order valence-electron chi connectivity index (χ1n) is 9.30. The Balaban J connectivity index is 1.77. The highest BCUT2D eigenvalue weighted by Crippen LogP contribution is 2.38. The van der Waals surface area contributed by atoms with Crippen molar-refractivity contribution in [3.8, 4) is 17.2 Å². The van der Waals surface area contributed by atoms with Crippen LogP contribution in [-0.4, -0.2) is 25.3 Å². The number of carboxylic acid groups (broad SMARTS) is 1. The number of carboxylic acids is 1. The lowest BCUT2D eigenvalue weighted by atomic mass is 10.1. The molecule has 0 fully saturated rings. The lowest BCUT2D eigenvalue weighted by Crippen LogP contribution is -2.05. The molecule has 0 radical (unpaired) electrons. The van der Waals surface area contributed by atoms with Gasteiger partial charge in [-0.25, -0.2) is 4.79 Å². The molecular weight excluding hydrogens is 486 g/mol. The second-order valence-electron chi connectivity index (χ2n) is 6.60. The number of carbonyl (C=O) groups is 1. The van der Waals surface area contributed by atoms with Crippen LogP contribution in [0.2, 0.25) is 5.02 Å². The van der Waals surface area contributed by atoms with E-state index in [0.717, 1.165) is 15.6 Å². The number of nitrogens with one attached hydrogen (secondary N) is 1. The first kappa shape index (κ1) is 22.8. The number of benzene rings is 3. The summed E-state index contributed by atoms with van der Waals surface area (Å²) in [5.41, 5.74) is 2.60. The van der Waals surface area contributed by atoms with Gasteiger partial charge in [0, 0.05) is 11.6 Å². The Morgan fingerprint density at radius 2 is 1.81 bits per heavy atom. The molecule has 31 heavy (non-hydrogen) atoms. The smallest absolute Gasteiger partial charge is 0.335 e. The number of halogens is 2. The molecule has 0 bridgehead atoms. The predicted molar refractivity (Wildman–Crippen MR) is 124 cm³/mol. The fraction of sp³-hybridized carbons (Fsp3) is 0.174. The van der Waals surface area contributed by atoms with Crippen molar-refractivity contribution in [1.29, 1.82) is 0 Å². The summed E-state index contributed by atoms with van der Waals surface area (Å²) >= 11 is 9.58. The molecule has 6 nitrogen and oxygen atoms in total. The van der Waals surface area contributed by atoms with Gasteiger partial charge in [0.2, 0.25) is 0 Å². The van der Waals surface area contributed by atoms with E-state index in [0.29, 0.717) is 41.1 Å². The fourth-order valence-electron chi connectivity index (χ4n) is 2.97. The van der Waals surface area contributed by atoms with Crippen LogP contribution in [0.15, 0.2) is 59.1 Å². The summed E-state index contributed by atoms with van der Waals surface area (Å²) in [7, 11) is 3.11. The Labute approximate surface area is 193 Å². The van der Waals surface area contributed by atoms with E-state index in [1.807, 2.05) is 36.4 Å². The third-order valence-corrected chi connectivity index (χ3v) is 5.31. The molecule has 8 heteroatoms. The van der Waals surface area contributed by atoms with E-state index < -0.39 is 5.97 Å². The van der Waals surface area contributed by atoms with Gasteiger partial charge in [-0.05, 0) is 69.5 Å². The maximum atomic E-state index is 11.3. The quantitative estimate of drug-likeness (QED) is 0.370. The molecule has 3 aromatic carbocycles. The van der Waals surface area contributed by atoms with Crippen molar-refractivity contribution >= 4 is 39.2 Å². The van der Waals surface area contributed by atoms with Gasteiger partial charge < -0.3 is 24.6 Å². The third kappa shape index (κ3) is 5.83. The molecule has 0 aliphatic carbocycles. The summed E-state index contributed by atoms with van der Waals surface area (Å²) in [6.45, 7) is 0.759. The van der Waals surface area contributed by atoms with Gasteiger partial charge >= 0.3 is 5.97 Å². The van der Waals surface area contributed by atoms with E-state index in [1.54, 1.807) is 13.2 Å². The number of anilines is 1. The van der Waals surface area contributed by atoms with Crippen LogP contribution < -0.4 is 19.5 Å². The van der Waals surface area contributed by atoms with Crippen molar-refractivity contribution < 1.29 is 24.1 Å². The standard InChI is InChI=1S/C23H21BrClNO5/c1-29-20-7-6-16(23(27)28)11-19(20)26-12-15-9-18(24)22(21(10-15)30-2)31-13-14-4-3-5-17(25)8-14/h3-11,26H,12-13H2,1-2H3,(H,27,28). The van der Waals surface area contributed by atoms with E-state index >= 15 is 0 Å². The molecule has 0 spiro atoms. The second kappa shape index (κ2) is 10.4. The SMILES string of the molecule is COc1ccc(C(=O)O)cc1NCc1cc(Br)c(OCc2cccc(Cl)c2)c(OC)c1. The molecule has 0 unspecified atom stereocenters. The van der Waals surface area contributed by atoms with E-state index in [2.05, 4.69) is 21.2 Å². The lowest BCUT2D eigenvalue weighted by molar-refractivity contribution is 0.0697. The summed E-state index contributed by atoms with van der Waals surface area (Å²) in [4.78, 5) is 11.3. The molecule has 0 aliphatic rings. The molecule has 2 N–H and O–H groups in total. The minimum Gasteiger partial charge on any atom is -0.495 e. The molecule has 0 heterocycles. The van der Waals surface area contributed by atoms with E-state index in [9.17, 15) is 9.90 Å². The largest absolute Gasteiger partial charge is 0.495 e. The monoisotopic (exact) mass is 505 g/mol. The summed E-state index contributed by atoms with van der Waals surface area (Å²) in [5, 5.41) is 13.1. The zero-order chi connectivity index (χ0) is 22.4. The lowest BCUT2D eigenvalue weighted by Gasteiger charge is -2.16. The van der Waals surface area contributed by atoms with Crippen molar-refractivity contribution in [2.45, 2.75) is 13.2 Å². The molecule has 0 aromatic heterocycles. The van der Waals surface area contributed by atoms with Gasteiger partial charge in [-0.15, -0.1) is 0 Å². The number of hydrogen-bond acceptors (Lipinski definition) is 5. The van der Waals surface area contributed by atoms with Gasteiger partial charge in [-0.3, -0.25) is 0 Å². The Hall–Kier alpha value is -2.90. The highest BCUT2D eigenvalue weighted by atomic mass is 79.9. The zero-order valence-electron chi connectivity index (χ0n) is 16.9. The van der Waals surface area contributed by atoms with Crippen molar-refractivity contribution in [2.24, 2.45) is 0 Å². The molecule has 0 aliphatic heterocycles. The van der Waals surface area contributed by atoms with Gasteiger partial charge in [0.1, 0.15) is 12.4 Å². The molecule has 0 saturated carbocycles. The Bertz CT molecular complexity index is 1090. The van der Waals surface area contributed by atoms with Gasteiger partial charge in [0.15, 0.2) is 11.5 Å². The maximum Gasteiger partial charge on any atom is 0.335 e. The molecule has 0 atom stereocenters. The first-order chi connectivity index (χ1) is 14.9. The van der Waals surface area contributed by atoms with Crippen LogP contribution in [0.3, 0.4) is 0 Å². The van der Waals surface area contributed by atoms with Crippen LogP contribution in [0, 0.1) is 0 Å². The number of hydrogen-bond donors (Lipinski definition) is 2. The van der Waals surface area contributed by atoms with Crippen molar-refractivity contribution in [3.05, 3.63) is 80.8 Å². The van der Waals surface area contributed by atoms with Crippen LogP contribution >= 0.6 is 27.5 Å². The van der Waals surface area contributed by atoms with E-state index in [-0.39, 0.29) is 5.56 Å². The van der Waals surface area contributed by atoms with E-state index in [4.69, 9.17) is 25.8 Å². The van der Waals surface area contributed by atoms with Crippen LogP contribution in [0.1, 0.15) is 21.5 Å². The molecule has 0 amide bonds. The van der Waals surface area contributed by atoms with Crippen molar-refractivity contribution in [2.75, 3.05) is 19.5 Å². The fourth-order valence-corrected chi connectivity index (χ4v) is 3.79. The van der Waals surface area contributed by atoms with Gasteiger partial charge in [-0.1, -0.05) is 23.7 Å². The Kier molecular flexibility index (Phi) is 7.65. The minimum atomic E-state index is -1.00. The molecule has 3 aromatic rings. The molecule has 0 saturated heterocycles. The first-order valence-corrected chi connectivity index (χ1v) is 10.5. The summed E-state index contributed by atoms with van der Waals surface area (Å²) in [6, 6.07) is 15.9. The zero-order valence-corrected chi connectivity index (χ0v) is 19.3. The average molecular weight is 507 g/mol. The van der Waals surface area contributed by atoms with Crippen LogP contribution in [-0.2, 0) is 13.2 Å². The van der Waals surface area contributed by atoms with Crippen LogP contribution in [0.25, 0.3) is 0 Å². The summed E-state index contributed by atoms with van der Waals surface area (Å²) in [5.74, 6) is 0.699. The summed E-state index contributed by atoms with van der Waals surface area (Å²) in [6.07, 6.45) is 0. The van der Waals surface area contributed by atoms with Gasteiger partial charge in [0.25, 0.3) is 0 Å². The van der Waals surface area contributed by atoms with Gasteiger partial charge in [-0.2, -0.15) is 0 Å². The van der Waals surface area contributed by atoms with Crippen molar-refractivity contribution in [3.63, 3.8) is 0 Å². The topological polar surface area (TPSA) is 77.0 Å². The summed E-state index contributed by atoms with van der Waals surface area (Å²) < 4.78 is 17.5. The number of ether oxygens (including phenoxy) is 3. The Morgan fingerprint density at radius 3 is 2.48 bits per heavy atom. The van der Waals surface area contributed by atoms with Crippen LogP contribution in [0.5, 0.6) is 17.2 Å². The highest BCUT2D eigenvalue weighted by Gasteiger charge is 2.14. The number of rotatable bonds is 9. The predicted octanol–water partition coefficient (Wildman–Crippen LogP) is 6.01. The maximum absolute atomic E-state index is 11.3. The molecule has 162 valence electrons. The number of aromatic carboxylic acids is 1. The minimum absolute atomic E-state index is 0.173. The van der Waals surface area contributed by atoms with E-state index in [1.165, 1.54) is 19.2 Å². The van der Waals surface area contributed by atoms with Crippen LogP contribution in [0.4, 0.5) is 5.69 Å². The van der Waals surface area contributed by atoms with Gasteiger partial charge in [0.05, 0.1) is 29.9 Å². The number of methoxy groups -OCH3 is 2. The van der Waals surface area contributed by atoms with Crippen molar-refractivity contribution in [1.82, 2.24) is 0 Å². The highest BCUT2D eigenvalue weighted by molar-refractivity contribution is 9.10.